The van der Waals surface area contributed by atoms with Gasteiger partial charge in [-0.05, 0) is 35.3 Å². The SMILES string of the molecule is CCc1cc(CC)c(O)c(C(C)(C)C(C)C)c1. The molecule has 1 nitrogen and oxygen atoms in total. The summed E-state index contributed by atoms with van der Waals surface area (Å²) in [7, 11) is 0. The summed E-state index contributed by atoms with van der Waals surface area (Å²) in [6, 6.07) is 4.31. The van der Waals surface area contributed by atoms with Crippen molar-refractivity contribution < 1.29 is 5.11 Å². The van der Waals surface area contributed by atoms with Gasteiger partial charge in [0.15, 0.2) is 0 Å². The van der Waals surface area contributed by atoms with Gasteiger partial charge in [-0.15, -0.1) is 0 Å². The van der Waals surface area contributed by atoms with Gasteiger partial charge in [0.25, 0.3) is 0 Å². The molecular weight excluding hydrogens is 208 g/mol. The van der Waals surface area contributed by atoms with Crippen molar-refractivity contribution >= 4 is 0 Å². The van der Waals surface area contributed by atoms with Crippen molar-refractivity contribution in [1.29, 1.82) is 0 Å². The van der Waals surface area contributed by atoms with Crippen LogP contribution < -0.4 is 0 Å². The minimum absolute atomic E-state index is 0.0131. The fourth-order valence-corrected chi connectivity index (χ4v) is 2.04. The minimum Gasteiger partial charge on any atom is -0.507 e. The average Bonchev–Trinajstić information content (AvgIpc) is 2.28. The van der Waals surface area contributed by atoms with Crippen LogP contribution in [0.15, 0.2) is 12.1 Å². The third-order valence-corrected chi connectivity index (χ3v) is 4.18. The quantitative estimate of drug-likeness (QED) is 0.816. The van der Waals surface area contributed by atoms with E-state index in [2.05, 4.69) is 53.7 Å². The molecule has 1 aromatic carbocycles. The van der Waals surface area contributed by atoms with Crippen molar-refractivity contribution in [3.05, 3.63) is 28.8 Å². The third kappa shape index (κ3) is 2.65. The van der Waals surface area contributed by atoms with Gasteiger partial charge in [0.2, 0.25) is 0 Å². The van der Waals surface area contributed by atoms with Gasteiger partial charge < -0.3 is 5.11 Å². The Morgan fingerprint density at radius 2 is 1.71 bits per heavy atom. The van der Waals surface area contributed by atoms with Crippen LogP contribution in [0.25, 0.3) is 0 Å². The normalized spacial score (nSPS) is 12.2. The topological polar surface area (TPSA) is 20.2 Å². The first-order valence-corrected chi connectivity index (χ1v) is 6.69. The molecule has 0 saturated heterocycles. The zero-order valence-electron chi connectivity index (χ0n) is 12.1. The van der Waals surface area contributed by atoms with Gasteiger partial charge in [-0.2, -0.15) is 0 Å². The molecule has 17 heavy (non-hydrogen) atoms. The largest absolute Gasteiger partial charge is 0.507 e. The molecule has 0 spiro atoms. The number of hydrogen-bond donors (Lipinski definition) is 1. The van der Waals surface area contributed by atoms with Crippen LogP contribution in [0.5, 0.6) is 5.75 Å². The highest BCUT2D eigenvalue weighted by Crippen LogP contribution is 2.39. The molecule has 0 unspecified atom stereocenters. The Labute approximate surface area is 106 Å². The second-order valence-corrected chi connectivity index (χ2v) is 5.73. The summed E-state index contributed by atoms with van der Waals surface area (Å²) in [4.78, 5) is 0. The molecule has 96 valence electrons. The summed E-state index contributed by atoms with van der Waals surface area (Å²) in [6.45, 7) is 13.1. The molecule has 0 bridgehead atoms. The van der Waals surface area contributed by atoms with Crippen LogP contribution in [0.1, 0.15) is 58.2 Å². The van der Waals surface area contributed by atoms with E-state index in [0.717, 1.165) is 24.0 Å². The highest BCUT2D eigenvalue weighted by atomic mass is 16.3. The van der Waals surface area contributed by atoms with E-state index in [1.807, 2.05) is 0 Å². The third-order valence-electron chi connectivity index (χ3n) is 4.18. The molecule has 0 aromatic heterocycles. The lowest BCUT2D eigenvalue weighted by molar-refractivity contribution is 0.350. The number of aromatic hydroxyl groups is 1. The molecule has 0 aliphatic rings. The number of aryl methyl sites for hydroxylation is 2. The summed E-state index contributed by atoms with van der Waals surface area (Å²) in [6.07, 6.45) is 1.91. The van der Waals surface area contributed by atoms with Crippen LogP contribution in [0.3, 0.4) is 0 Å². The monoisotopic (exact) mass is 234 g/mol. The van der Waals surface area contributed by atoms with E-state index in [9.17, 15) is 5.11 Å². The highest BCUT2D eigenvalue weighted by Gasteiger charge is 2.28. The molecular formula is C16H26O. The molecule has 0 aliphatic heterocycles. The van der Waals surface area contributed by atoms with Crippen LogP contribution in [0.2, 0.25) is 0 Å². The molecule has 0 atom stereocenters. The Balaban J connectivity index is 3.41. The molecule has 0 radical (unpaired) electrons. The van der Waals surface area contributed by atoms with Crippen molar-refractivity contribution in [1.82, 2.24) is 0 Å². The van der Waals surface area contributed by atoms with E-state index in [1.54, 1.807) is 0 Å². The predicted octanol–water partition coefficient (Wildman–Crippen LogP) is 4.45. The zero-order chi connectivity index (χ0) is 13.2. The lowest BCUT2D eigenvalue weighted by Crippen LogP contribution is -2.25. The smallest absolute Gasteiger partial charge is 0.122 e. The Morgan fingerprint density at radius 3 is 2.12 bits per heavy atom. The lowest BCUT2D eigenvalue weighted by Gasteiger charge is -2.31. The van der Waals surface area contributed by atoms with Crippen molar-refractivity contribution in [3.63, 3.8) is 0 Å². The summed E-state index contributed by atoms with van der Waals surface area (Å²) >= 11 is 0. The van der Waals surface area contributed by atoms with Crippen molar-refractivity contribution in [2.75, 3.05) is 0 Å². The van der Waals surface area contributed by atoms with Crippen molar-refractivity contribution in [2.45, 2.75) is 59.8 Å². The summed E-state index contributed by atoms with van der Waals surface area (Å²) in [5.41, 5.74) is 3.51. The summed E-state index contributed by atoms with van der Waals surface area (Å²) < 4.78 is 0. The number of hydrogen-bond acceptors (Lipinski definition) is 1. The van der Waals surface area contributed by atoms with Gasteiger partial charge in [0.05, 0.1) is 0 Å². The highest BCUT2D eigenvalue weighted by molar-refractivity contribution is 5.47. The summed E-state index contributed by atoms with van der Waals surface area (Å²) in [5, 5.41) is 10.4. The van der Waals surface area contributed by atoms with Crippen LogP contribution >= 0.6 is 0 Å². The van der Waals surface area contributed by atoms with Gasteiger partial charge >= 0.3 is 0 Å². The van der Waals surface area contributed by atoms with E-state index in [-0.39, 0.29) is 5.41 Å². The van der Waals surface area contributed by atoms with Crippen LogP contribution in [0.4, 0.5) is 0 Å². The Bertz CT molecular complexity index is 389. The number of benzene rings is 1. The Kier molecular flexibility index (Phi) is 4.24. The van der Waals surface area contributed by atoms with E-state index >= 15 is 0 Å². The van der Waals surface area contributed by atoms with Crippen molar-refractivity contribution in [2.24, 2.45) is 5.92 Å². The lowest BCUT2D eigenvalue weighted by atomic mass is 9.73. The van der Waals surface area contributed by atoms with Crippen molar-refractivity contribution in [3.8, 4) is 5.75 Å². The maximum atomic E-state index is 10.4. The van der Waals surface area contributed by atoms with Gasteiger partial charge in [-0.1, -0.05) is 53.7 Å². The molecule has 0 heterocycles. The van der Waals surface area contributed by atoms with E-state index in [4.69, 9.17) is 0 Å². The molecule has 1 N–H and O–H groups in total. The molecule has 0 amide bonds. The first-order chi connectivity index (χ1) is 7.84. The molecule has 0 fully saturated rings. The fourth-order valence-electron chi connectivity index (χ4n) is 2.04. The van der Waals surface area contributed by atoms with E-state index < -0.39 is 0 Å². The van der Waals surface area contributed by atoms with Gasteiger partial charge in [0.1, 0.15) is 5.75 Å². The standard InChI is InChI=1S/C16H26O/c1-7-12-9-13(8-2)15(17)14(10-12)16(5,6)11(3)4/h9-11,17H,7-8H2,1-6H3. The Morgan fingerprint density at radius 1 is 1.12 bits per heavy atom. The molecule has 1 heteroatoms. The molecule has 1 rings (SSSR count). The fraction of sp³-hybridized carbons (Fsp3) is 0.625. The Hall–Kier alpha value is -0.980. The first-order valence-electron chi connectivity index (χ1n) is 6.69. The van der Waals surface area contributed by atoms with Gasteiger partial charge in [-0.25, -0.2) is 0 Å². The average molecular weight is 234 g/mol. The maximum absolute atomic E-state index is 10.4. The molecule has 0 aliphatic carbocycles. The second-order valence-electron chi connectivity index (χ2n) is 5.73. The second kappa shape index (κ2) is 5.12. The number of phenolic OH excluding ortho intramolecular Hbond substituents is 1. The van der Waals surface area contributed by atoms with Crippen LogP contribution in [-0.4, -0.2) is 5.11 Å². The van der Waals surface area contributed by atoms with Crippen LogP contribution in [0, 0.1) is 5.92 Å². The van der Waals surface area contributed by atoms with Crippen LogP contribution in [-0.2, 0) is 18.3 Å². The van der Waals surface area contributed by atoms with E-state index in [0.29, 0.717) is 11.7 Å². The maximum Gasteiger partial charge on any atom is 0.122 e. The minimum atomic E-state index is 0.0131. The summed E-state index contributed by atoms with van der Waals surface area (Å²) in [5.74, 6) is 1.01. The molecule has 0 saturated carbocycles. The molecule has 1 aromatic rings. The zero-order valence-corrected chi connectivity index (χ0v) is 12.1. The number of phenols is 1. The number of rotatable bonds is 4. The van der Waals surface area contributed by atoms with Gasteiger partial charge in [0, 0.05) is 5.56 Å². The predicted molar refractivity (Wildman–Crippen MR) is 74.7 cm³/mol. The first kappa shape index (κ1) is 14.1. The van der Waals surface area contributed by atoms with E-state index in [1.165, 1.54) is 5.56 Å². The van der Waals surface area contributed by atoms with Gasteiger partial charge in [-0.3, -0.25) is 0 Å².